The Morgan fingerprint density at radius 3 is 1.86 bits per heavy atom. The molecule has 0 aromatic carbocycles. The molecule has 0 saturated heterocycles. The topological polar surface area (TPSA) is 0 Å². The maximum absolute atomic E-state index is 3.80. The molecule has 0 spiro atoms. The largest absolute Gasteiger partial charge is 0.102 e. The van der Waals surface area contributed by atoms with Crippen LogP contribution in [0.1, 0.15) is 58.3 Å². The predicted molar refractivity (Wildman–Crippen MR) is 66.5 cm³/mol. The number of allylic oxidation sites excluding steroid dienone is 2. The van der Waals surface area contributed by atoms with Gasteiger partial charge in [0.25, 0.3) is 0 Å². The molecule has 0 aliphatic heterocycles. The number of hydrogen-bond acceptors (Lipinski definition) is 0. The standard InChI is InChI=1S/C14H26/c1-4-7-8-9-10-11-12-13-14(5-2)6-3/h5-6,14H,2-4,7-13H2,1H3. The third-order valence-corrected chi connectivity index (χ3v) is 2.75. The predicted octanol–water partition coefficient (Wildman–Crippen LogP) is 5.12. The summed E-state index contributed by atoms with van der Waals surface area (Å²) in [5, 5.41) is 0. The van der Waals surface area contributed by atoms with Gasteiger partial charge in [-0.3, -0.25) is 0 Å². The molecule has 0 radical (unpaired) electrons. The molecule has 0 aliphatic carbocycles. The molecule has 0 saturated carbocycles. The summed E-state index contributed by atoms with van der Waals surface area (Å²) in [4.78, 5) is 0. The summed E-state index contributed by atoms with van der Waals surface area (Å²) in [6.45, 7) is 9.86. The van der Waals surface area contributed by atoms with Gasteiger partial charge in [0.05, 0.1) is 0 Å². The molecule has 0 bridgehead atoms. The van der Waals surface area contributed by atoms with E-state index in [0.717, 1.165) is 0 Å². The molecule has 0 rings (SSSR count). The summed E-state index contributed by atoms with van der Waals surface area (Å²) in [7, 11) is 0. The van der Waals surface area contributed by atoms with E-state index in [1.807, 2.05) is 12.2 Å². The lowest BCUT2D eigenvalue weighted by molar-refractivity contribution is 0.555. The Morgan fingerprint density at radius 1 is 0.857 bits per heavy atom. The maximum atomic E-state index is 3.80. The lowest BCUT2D eigenvalue weighted by atomic mass is 10.0. The van der Waals surface area contributed by atoms with Gasteiger partial charge in [-0.15, -0.1) is 13.2 Å². The lowest BCUT2D eigenvalue weighted by Gasteiger charge is -2.06. The molecule has 0 N–H and O–H groups in total. The summed E-state index contributed by atoms with van der Waals surface area (Å²) in [6, 6.07) is 0. The summed E-state index contributed by atoms with van der Waals surface area (Å²) in [5.74, 6) is 0.533. The van der Waals surface area contributed by atoms with Crippen LogP contribution in [0.4, 0.5) is 0 Å². The van der Waals surface area contributed by atoms with Crippen molar-refractivity contribution >= 4 is 0 Å². The van der Waals surface area contributed by atoms with E-state index in [0.29, 0.717) is 5.92 Å². The molecule has 0 aromatic rings. The average Bonchev–Trinajstić information content (AvgIpc) is 2.22. The Hall–Kier alpha value is -0.520. The zero-order valence-electron chi connectivity index (χ0n) is 9.80. The number of hydrogen-bond donors (Lipinski definition) is 0. The highest BCUT2D eigenvalue weighted by molar-refractivity contribution is 4.91. The van der Waals surface area contributed by atoms with Crippen LogP contribution in [0.25, 0.3) is 0 Å². The molecule has 0 heteroatoms. The van der Waals surface area contributed by atoms with Gasteiger partial charge < -0.3 is 0 Å². The highest BCUT2D eigenvalue weighted by Gasteiger charge is 1.97. The average molecular weight is 194 g/mol. The van der Waals surface area contributed by atoms with Gasteiger partial charge in [0.15, 0.2) is 0 Å². The van der Waals surface area contributed by atoms with E-state index < -0.39 is 0 Å². The van der Waals surface area contributed by atoms with Crippen LogP contribution in [0.3, 0.4) is 0 Å². The van der Waals surface area contributed by atoms with Crippen molar-refractivity contribution in [2.24, 2.45) is 5.92 Å². The molecule has 0 atom stereocenters. The minimum atomic E-state index is 0.533. The van der Waals surface area contributed by atoms with Crippen molar-refractivity contribution < 1.29 is 0 Å². The summed E-state index contributed by atoms with van der Waals surface area (Å²) in [5.41, 5.74) is 0. The molecule has 14 heavy (non-hydrogen) atoms. The van der Waals surface area contributed by atoms with Gasteiger partial charge in [0, 0.05) is 0 Å². The van der Waals surface area contributed by atoms with Gasteiger partial charge >= 0.3 is 0 Å². The molecule has 0 amide bonds. The quantitative estimate of drug-likeness (QED) is 0.334. The molecular formula is C14H26. The van der Waals surface area contributed by atoms with Gasteiger partial charge in [-0.25, -0.2) is 0 Å². The van der Waals surface area contributed by atoms with E-state index in [4.69, 9.17) is 0 Å². The van der Waals surface area contributed by atoms with Gasteiger partial charge in [-0.1, -0.05) is 64.0 Å². The van der Waals surface area contributed by atoms with Crippen LogP contribution in [-0.4, -0.2) is 0 Å². The van der Waals surface area contributed by atoms with Crippen molar-refractivity contribution in [1.29, 1.82) is 0 Å². The van der Waals surface area contributed by atoms with E-state index in [1.165, 1.54) is 51.4 Å². The van der Waals surface area contributed by atoms with Crippen molar-refractivity contribution in [2.75, 3.05) is 0 Å². The minimum Gasteiger partial charge on any atom is -0.102 e. The van der Waals surface area contributed by atoms with E-state index in [2.05, 4.69) is 20.1 Å². The third kappa shape index (κ3) is 8.10. The molecule has 0 unspecified atom stereocenters. The van der Waals surface area contributed by atoms with Crippen LogP contribution in [0, 0.1) is 5.92 Å². The Bertz CT molecular complexity index is 127. The van der Waals surface area contributed by atoms with Crippen LogP contribution >= 0.6 is 0 Å². The van der Waals surface area contributed by atoms with E-state index in [1.54, 1.807) is 0 Å². The second-order valence-corrected chi connectivity index (χ2v) is 4.05. The van der Waals surface area contributed by atoms with E-state index in [-0.39, 0.29) is 0 Å². The molecule has 82 valence electrons. The van der Waals surface area contributed by atoms with Gasteiger partial charge in [-0.05, 0) is 12.3 Å². The van der Waals surface area contributed by atoms with Crippen molar-refractivity contribution in [2.45, 2.75) is 58.3 Å². The fourth-order valence-electron chi connectivity index (χ4n) is 1.67. The molecular weight excluding hydrogens is 168 g/mol. The third-order valence-electron chi connectivity index (χ3n) is 2.75. The summed E-state index contributed by atoms with van der Waals surface area (Å²) in [6.07, 6.45) is 14.9. The van der Waals surface area contributed by atoms with Gasteiger partial charge in [0.2, 0.25) is 0 Å². The normalized spacial score (nSPS) is 10.4. The van der Waals surface area contributed by atoms with Crippen LogP contribution in [0.2, 0.25) is 0 Å². The summed E-state index contributed by atoms with van der Waals surface area (Å²) < 4.78 is 0. The Morgan fingerprint density at radius 2 is 1.36 bits per heavy atom. The number of rotatable bonds is 10. The molecule has 0 aromatic heterocycles. The molecule has 0 nitrogen and oxygen atoms in total. The van der Waals surface area contributed by atoms with Crippen molar-refractivity contribution in [3.8, 4) is 0 Å². The fraction of sp³-hybridized carbons (Fsp3) is 0.714. The SMILES string of the molecule is C=CC(C=C)CCCCCCCCC. The second kappa shape index (κ2) is 10.6. The summed E-state index contributed by atoms with van der Waals surface area (Å²) >= 11 is 0. The monoisotopic (exact) mass is 194 g/mol. The Balaban J connectivity index is 3.12. The van der Waals surface area contributed by atoms with Crippen molar-refractivity contribution in [1.82, 2.24) is 0 Å². The Kier molecular flexibility index (Phi) is 10.2. The van der Waals surface area contributed by atoms with Crippen LogP contribution in [-0.2, 0) is 0 Å². The number of unbranched alkanes of at least 4 members (excludes halogenated alkanes) is 6. The van der Waals surface area contributed by atoms with Gasteiger partial charge in [0.1, 0.15) is 0 Å². The van der Waals surface area contributed by atoms with Crippen molar-refractivity contribution in [3.05, 3.63) is 25.3 Å². The van der Waals surface area contributed by atoms with Crippen LogP contribution in [0.15, 0.2) is 25.3 Å². The molecule has 0 fully saturated rings. The minimum absolute atomic E-state index is 0.533. The highest BCUT2D eigenvalue weighted by atomic mass is 14.0. The molecule has 0 aliphatic rings. The zero-order chi connectivity index (χ0) is 10.6. The van der Waals surface area contributed by atoms with Gasteiger partial charge in [-0.2, -0.15) is 0 Å². The highest BCUT2D eigenvalue weighted by Crippen LogP contribution is 2.13. The fourth-order valence-corrected chi connectivity index (χ4v) is 1.67. The Labute approximate surface area is 90.1 Å². The first kappa shape index (κ1) is 13.5. The first-order chi connectivity index (χ1) is 6.85. The second-order valence-electron chi connectivity index (χ2n) is 4.05. The smallest absolute Gasteiger partial charge is 0.00589 e. The van der Waals surface area contributed by atoms with Crippen molar-refractivity contribution in [3.63, 3.8) is 0 Å². The van der Waals surface area contributed by atoms with Crippen LogP contribution < -0.4 is 0 Å². The zero-order valence-corrected chi connectivity index (χ0v) is 9.80. The first-order valence-corrected chi connectivity index (χ1v) is 6.10. The van der Waals surface area contributed by atoms with E-state index >= 15 is 0 Å². The van der Waals surface area contributed by atoms with E-state index in [9.17, 15) is 0 Å². The first-order valence-electron chi connectivity index (χ1n) is 6.10. The molecule has 0 heterocycles. The van der Waals surface area contributed by atoms with Crippen LogP contribution in [0.5, 0.6) is 0 Å². The lowest BCUT2D eigenvalue weighted by Crippen LogP contribution is -1.90. The maximum Gasteiger partial charge on any atom is -0.00589 e.